The van der Waals surface area contributed by atoms with Crippen LogP contribution < -0.4 is 4.90 Å². The fourth-order valence-electron chi connectivity index (χ4n) is 8.66. The Morgan fingerprint density at radius 2 is 0.821 bits per heavy atom. The molecule has 0 fully saturated rings. The molecule has 0 aliphatic carbocycles. The Kier molecular flexibility index (Phi) is 7.53. The van der Waals surface area contributed by atoms with Crippen LogP contribution in [-0.4, -0.2) is 0 Å². The molecule has 0 unspecified atom stereocenters. The molecule has 0 spiro atoms. The summed E-state index contributed by atoms with van der Waals surface area (Å²) in [5.74, 6) is 0. The van der Waals surface area contributed by atoms with Gasteiger partial charge in [-0.3, -0.25) is 0 Å². The quantitative estimate of drug-likeness (QED) is 0.160. The predicted octanol–water partition coefficient (Wildman–Crippen LogP) is 15.5. The first-order valence-corrected chi connectivity index (χ1v) is 19.2. The average molecular weight is 714 g/mol. The third-order valence-corrected chi connectivity index (χ3v) is 11.3. The lowest BCUT2D eigenvalue weighted by Gasteiger charge is -2.30. The van der Waals surface area contributed by atoms with Gasteiger partial charge >= 0.3 is 0 Å². The van der Waals surface area contributed by atoms with Crippen molar-refractivity contribution in [1.82, 2.24) is 0 Å². The topological polar surface area (TPSA) is 16.4 Å². The second kappa shape index (κ2) is 13.2. The first-order valence-electron chi connectivity index (χ1n) is 19.2. The van der Waals surface area contributed by atoms with Crippen molar-refractivity contribution in [3.05, 3.63) is 212 Å². The molecule has 10 aromatic carbocycles. The van der Waals surface area contributed by atoms with Crippen LogP contribution in [0.1, 0.15) is 0 Å². The zero-order valence-corrected chi connectivity index (χ0v) is 30.6. The van der Waals surface area contributed by atoms with Crippen LogP contribution in [0.2, 0.25) is 0 Å². The average Bonchev–Trinajstić information content (AvgIpc) is 3.67. The fraction of sp³-hybridized carbons (Fsp3) is 0. The number of furan rings is 1. The molecule has 0 saturated heterocycles. The predicted molar refractivity (Wildman–Crippen MR) is 237 cm³/mol. The van der Waals surface area contributed by atoms with Gasteiger partial charge < -0.3 is 9.32 Å². The molecule has 0 N–H and O–H groups in total. The van der Waals surface area contributed by atoms with Crippen LogP contribution in [0.15, 0.2) is 217 Å². The maximum atomic E-state index is 6.91. The highest BCUT2D eigenvalue weighted by atomic mass is 16.3. The molecule has 2 nitrogen and oxygen atoms in total. The summed E-state index contributed by atoms with van der Waals surface area (Å²) in [5, 5.41) is 9.38. The van der Waals surface area contributed by atoms with Gasteiger partial charge in [0.05, 0.1) is 22.4 Å². The van der Waals surface area contributed by atoms with Gasteiger partial charge in [-0.05, 0) is 79.7 Å². The summed E-state index contributed by atoms with van der Waals surface area (Å²) in [4.78, 5) is 2.48. The minimum atomic E-state index is 0.865. The molecule has 1 heterocycles. The molecule has 11 rings (SSSR count). The maximum Gasteiger partial charge on any atom is 0.145 e. The van der Waals surface area contributed by atoms with Gasteiger partial charge in [0.15, 0.2) is 0 Å². The Morgan fingerprint density at radius 3 is 1.62 bits per heavy atom. The van der Waals surface area contributed by atoms with Crippen molar-refractivity contribution < 1.29 is 4.42 Å². The second-order valence-corrected chi connectivity index (χ2v) is 14.4. The van der Waals surface area contributed by atoms with E-state index in [9.17, 15) is 0 Å². The molecule has 2 heteroatoms. The van der Waals surface area contributed by atoms with E-state index in [-0.39, 0.29) is 0 Å². The van der Waals surface area contributed by atoms with Crippen LogP contribution in [0.25, 0.3) is 87.6 Å². The summed E-state index contributed by atoms with van der Waals surface area (Å²) >= 11 is 0. The van der Waals surface area contributed by atoms with Crippen molar-refractivity contribution in [3.8, 4) is 33.4 Å². The number of nitrogens with zero attached hydrogens (tertiary/aromatic N) is 1. The van der Waals surface area contributed by atoms with Crippen molar-refractivity contribution in [1.29, 1.82) is 0 Å². The van der Waals surface area contributed by atoms with E-state index in [1.54, 1.807) is 0 Å². The third-order valence-electron chi connectivity index (χ3n) is 11.3. The minimum Gasteiger partial charge on any atom is -0.455 e. The van der Waals surface area contributed by atoms with Crippen LogP contribution in [0.5, 0.6) is 0 Å². The van der Waals surface area contributed by atoms with Gasteiger partial charge in [0.2, 0.25) is 0 Å². The van der Waals surface area contributed by atoms with E-state index < -0.39 is 0 Å². The fourth-order valence-corrected chi connectivity index (χ4v) is 8.66. The van der Waals surface area contributed by atoms with Gasteiger partial charge in [0, 0.05) is 21.7 Å². The second-order valence-electron chi connectivity index (χ2n) is 14.4. The summed E-state index contributed by atoms with van der Waals surface area (Å²) in [6, 6.07) is 76.4. The van der Waals surface area contributed by atoms with Crippen molar-refractivity contribution in [2.75, 3.05) is 4.90 Å². The monoisotopic (exact) mass is 713 g/mol. The number of benzene rings is 10. The summed E-state index contributed by atoms with van der Waals surface area (Å²) in [7, 11) is 0. The van der Waals surface area contributed by atoms with E-state index in [1.165, 1.54) is 54.6 Å². The first kappa shape index (κ1) is 32.0. The Hall–Kier alpha value is -7.42. The number of hydrogen-bond acceptors (Lipinski definition) is 2. The molecular formula is C54H35NO. The zero-order valence-electron chi connectivity index (χ0n) is 30.6. The van der Waals surface area contributed by atoms with Crippen LogP contribution in [-0.2, 0) is 0 Å². The molecule has 1 aromatic heterocycles. The summed E-state index contributed by atoms with van der Waals surface area (Å²) < 4.78 is 6.91. The Labute approximate surface area is 325 Å². The molecule has 11 aromatic rings. The smallest absolute Gasteiger partial charge is 0.145 e. The molecular weight excluding hydrogens is 679 g/mol. The van der Waals surface area contributed by atoms with Gasteiger partial charge in [-0.15, -0.1) is 0 Å². The van der Waals surface area contributed by atoms with Crippen LogP contribution >= 0.6 is 0 Å². The summed E-state index contributed by atoms with van der Waals surface area (Å²) in [5.41, 5.74) is 12.0. The van der Waals surface area contributed by atoms with Gasteiger partial charge in [0.1, 0.15) is 11.2 Å². The highest BCUT2D eigenvalue weighted by Gasteiger charge is 2.25. The van der Waals surface area contributed by atoms with E-state index in [0.717, 1.165) is 50.1 Å². The summed E-state index contributed by atoms with van der Waals surface area (Å²) in [6.45, 7) is 0. The largest absolute Gasteiger partial charge is 0.455 e. The Bertz CT molecular complexity index is 3230. The normalized spacial score (nSPS) is 11.6. The zero-order chi connectivity index (χ0) is 37.0. The number of hydrogen-bond donors (Lipinski definition) is 0. The first-order chi connectivity index (χ1) is 27.8. The van der Waals surface area contributed by atoms with Gasteiger partial charge in [-0.1, -0.05) is 182 Å². The van der Waals surface area contributed by atoms with Crippen molar-refractivity contribution in [2.45, 2.75) is 0 Å². The van der Waals surface area contributed by atoms with Crippen molar-refractivity contribution in [3.63, 3.8) is 0 Å². The standard InChI is InChI=1S/C54H35NO/c1-3-14-36(15-4-1)37-26-28-40(29-27-37)44-33-35-50(53-47-23-11-12-25-51(47)56-54(44)53)55(49-24-13-19-41-31-30-39-18-7-8-20-43(39)52(41)49)48-34-32-42(38-16-5-2-6-17-38)45-21-9-10-22-46(45)48/h1-35H. The molecule has 56 heavy (non-hydrogen) atoms. The van der Waals surface area contributed by atoms with Crippen LogP contribution in [0.3, 0.4) is 0 Å². The number of rotatable bonds is 6. The molecule has 0 amide bonds. The number of anilines is 3. The van der Waals surface area contributed by atoms with E-state index >= 15 is 0 Å². The third kappa shape index (κ3) is 5.19. The summed E-state index contributed by atoms with van der Waals surface area (Å²) in [6.07, 6.45) is 0. The molecule has 0 radical (unpaired) electrons. The Balaban J connectivity index is 1.22. The minimum absolute atomic E-state index is 0.865. The number of para-hydroxylation sites is 1. The molecule has 0 atom stereocenters. The van der Waals surface area contributed by atoms with Crippen molar-refractivity contribution >= 4 is 71.3 Å². The lowest BCUT2D eigenvalue weighted by molar-refractivity contribution is 0.670. The molecule has 0 aliphatic rings. The van der Waals surface area contributed by atoms with Crippen LogP contribution in [0.4, 0.5) is 17.1 Å². The SMILES string of the molecule is c1ccc(-c2ccc(-c3ccc(N(c4ccc(-c5ccccc5)c5ccccc45)c4cccc5ccc6ccccc6c45)c4c3oc3ccccc34)cc2)cc1. The molecule has 262 valence electrons. The molecule has 0 aliphatic heterocycles. The molecule has 0 saturated carbocycles. The van der Waals surface area contributed by atoms with Gasteiger partial charge in [-0.2, -0.15) is 0 Å². The van der Waals surface area contributed by atoms with Gasteiger partial charge in [0.25, 0.3) is 0 Å². The van der Waals surface area contributed by atoms with Gasteiger partial charge in [-0.25, -0.2) is 0 Å². The lowest BCUT2D eigenvalue weighted by Crippen LogP contribution is -2.12. The van der Waals surface area contributed by atoms with E-state index in [0.29, 0.717) is 0 Å². The van der Waals surface area contributed by atoms with Crippen LogP contribution in [0, 0.1) is 0 Å². The highest BCUT2D eigenvalue weighted by molar-refractivity contribution is 6.22. The van der Waals surface area contributed by atoms with E-state index in [4.69, 9.17) is 4.42 Å². The lowest BCUT2D eigenvalue weighted by atomic mass is 9.94. The maximum absolute atomic E-state index is 6.91. The van der Waals surface area contributed by atoms with E-state index in [1.807, 2.05) is 0 Å². The number of fused-ring (bicyclic) bond motifs is 7. The highest BCUT2D eigenvalue weighted by Crippen LogP contribution is 2.50. The molecule has 0 bridgehead atoms. The van der Waals surface area contributed by atoms with E-state index in [2.05, 4.69) is 217 Å². The van der Waals surface area contributed by atoms with Crippen molar-refractivity contribution in [2.24, 2.45) is 0 Å². The Morgan fingerprint density at radius 1 is 0.286 bits per heavy atom.